The number of hydrogen-bond donors (Lipinski definition) is 2. The second-order valence-corrected chi connectivity index (χ2v) is 3.60. The Morgan fingerprint density at radius 1 is 1.62 bits per heavy atom. The largest absolute Gasteiger partial charge is 0.310 e. The van der Waals surface area contributed by atoms with Gasteiger partial charge in [0.2, 0.25) is 0 Å². The van der Waals surface area contributed by atoms with E-state index in [1.165, 1.54) is 12.8 Å². The minimum absolute atomic E-state index is 0.295. The summed E-state index contributed by atoms with van der Waals surface area (Å²) in [7, 11) is 1.95. The van der Waals surface area contributed by atoms with Crippen LogP contribution in [-0.4, -0.2) is 22.2 Å². The van der Waals surface area contributed by atoms with E-state index in [2.05, 4.69) is 27.4 Å². The molecule has 1 aliphatic rings. The summed E-state index contributed by atoms with van der Waals surface area (Å²) in [4.78, 5) is 4.49. The number of aromatic amines is 1. The van der Waals surface area contributed by atoms with Gasteiger partial charge in [-0.1, -0.05) is 6.92 Å². The third kappa shape index (κ3) is 1.72. The zero-order valence-electron chi connectivity index (χ0n) is 8.17. The van der Waals surface area contributed by atoms with Crippen LogP contribution < -0.4 is 5.32 Å². The number of hydrogen-bond acceptors (Lipinski definition) is 3. The van der Waals surface area contributed by atoms with E-state index in [9.17, 15) is 0 Å². The minimum atomic E-state index is 0.295. The van der Waals surface area contributed by atoms with Crippen LogP contribution >= 0.6 is 0 Å². The van der Waals surface area contributed by atoms with Crippen molar-refractivity contribution in [1.82, 2.24) is 20.5 Å². The lowest BCUT2D eigenvalue weighted by Crippen LogP contribution is -2.16. The van der Waals surface area contributed by atoms with Crippen molar-refractivity contribution in [2.45, 2.75) is 38.1 Å². The van der Waals surface area contributed by atoms with Crippen LogP contribution in [0.3, 0.4) is 0 Å². The van der Waals surface area contributed by atoms with Crippen LogP contribution in [0.25, 0.3) is 0 Å². The molecular weight excluding hydrogens is 164 g/mol. The van der Waals surface area contributed by atoms with Crippen LogP contribution in [-0.2, 0) is 0 Å². The SMILES string of the molecule is CCC(NC)c1n[nH]c(C2CC2)n1. The first-order chi connectivity index (χ1) is 6.35. The number of nitrogens with one attached hydrogen (secondary N) is 2. The van der Waals surface area contributed by atoms with E-state index in [-0.39, 0.29) is 0 Å². The average Bonchev–Trinajstić information content (AvgIpc) is 2.89. The van der Waals surface area contributed by atoms with E-state index < -0.39 is 0 Å². The molecule has 1 unspecified atom stereocenters. The van der Waals surface area contributed by atoms with Gasteiger partial charge in [0, 0.05) is 5.92 Å². The predicted molar refractivity (Wildman–Crippen MR) is 50.4 cm³/mol. The molecule has 1 heterocycles. The smallest absolute Gasteiger partial charge is 0.167 e. The van der Waals surface area contributed by atoms with Gasteiger partial charge in [0.15, 0.2) is 5.82 Å². The van der Waals surface area contributed by atoms with Gasteiger partial charge in [0.25, 0.3) is 0 Å². The highest BCUT2D eigenvalue weighted by atomic mass is 15.2. The highest BCUT2D eigenvalue weighted by molar-refractivity contribution is 5.06. The Morgan fingerprint density at radius 3 is 2.92 bits per heavy atom. The van der Waals surface area contributed by atoms with Crippen molar-refractivity contribution in [2.24, 2.45) is 0 Å². The van der Waals surface area contributed by atoms with E-state index in [1.807, 2.05) is 7.05 Å². The van der Waals surface area contributed by atoms with Gasteiger partial charge in [-0.3, -0.25) is 5.10 Å². The standard InChI is InChI=1S/C9H16N4/c1-3-7(10-2)9-11-8(12-13-9)6-4-5-6/h6-7,10H,3-5H2,1-2H3,(H,11,12,13). The molecule has 4 nitrogen and oxygen atoms in total. The molecule has 4 heteroatoms. The monoisotopic (exact) mass is 180 g/mol. The maximum atomic E-state index is 4.49. The van der Waals surface area contributed by atoms with Crippen molar-refractivity contribution in [1.29, 1.82) is 0 Å². The molecule has 0 bridgehead atoms. The normalized spacial score (nSPS) is 18.9. The fourth-order valence-electron chi connectivity index (χ4n) is 1.50. The molecule has 0 saturated heterocycles. The van der Waals surface area contributed by atoms with Gasteiger partial charge in [0.1, 0.15) is 5.82 Å². The van der Waals surface area contributed by atoms with Crippen LogP contribution in [0.4, 0.5) is 0 Å². The van der Waals surface area contributed by atoms with Crippen molar-refractivity contribution in [2.75, 3.05) is 7.05 Å². The highest BCUT2D eigenvalue weighted by Crippen LogP contribution is 2.38. The summed E-state index contributed by atoms with van der Waals surface area (Å²) >= 11 is 0. The zero-order chi connectivity index (χ0) is 9.26. The molecule has 1 atom stereocenters. The van der Waals surface area contributed by atoms with Gasteiger partial charge in [-0.2, -0.15) is 5.10 Å². The van der Waals surface area contributed by atoms with Gasteiger partial charge >= 0.3 is 0 Å². The summed E-state index contributed by atoms with van der Waals surface area (Å²) in [5.74, 6) is 2.64. The lowest BCUT2D eigenvalue weighted by molar-refractivity contribution is 0.546. The minimum Gasteiger partial charge on any atom is -0.310 e. The van der Waals surface area contributed by atoms with Gasteiger partial charge in [-0.15, -0.1) is 0 Å². The topological polar surface area (TPSA) is 53.6 Å². The summed E-state index contributed by atoms with van der Waals surface area (Å²) in [6.07, 6.45) is 3.56. The second kappa shape index (κ2) is 3.46. The van der Waals surface area contributed by atoms with Gasteiger partial charge < -0.3 is 5.32 Å². The molecule has 1 fully saturated rings. The lowest BCUT2D eigenvalue weighted by Gasteiger charge is -2.07. The average molecular weight is 180 g/mol. The molecular formula is C9H16N4. The van der Waals surface area contributed by atoms with Crippen LogP contribution in [0.2, 0.25) is 0 Å². The summed E-state index contributed by atoms with van der Waals surface area (Å²) in [6, 6.07) is 0.295. The third-order valence-electron chi connectivity index (χ3n) is 2.55. The van der Waals surface area contributed by atoms with Gasteiger partial charge in [-0.05, 0) is 26.3 Å². The van der Waals surface area contributed by atoms with E-state index in [0.29, 0.717) is 12.0 Å². The molecule has 0 amide bonds. The fourth-order valence-corrected chi connectivity index (χ4v) is 1.50. The molecule has 13 heavy (non-hydrogen) atoms. The quantitative estimate of drug-likeness (QED) is 0.735. The highest BCUT2D eigenvalue weighted by Gasteiger charge is 2.27. The first-order valence-corrected chi connectivity index (χ1v) is 4.94. The fraction of sp³-hybridized carbons (Fsp3) is 0.778. The number of nitrogens with zero attached hydrogens (tertiary/aromatic N) is 2. The number of aromatic nitrogens is 3. The second-order valence-electron chi connectivity index (χ2n) is 3.60. The maximum absolute atomic E-state index is 4.49. The third-order valence-corrected chi connectivity index (χ3v) is 2.55. The molecule has 0 radical (unpaired) electrons. The van der Waals surface area contributed by atoms with Crippen molar-refractivity contribution in [3.63, 3.8) is 0 Å². The Balaban J connectivity index is 2.10. The van der Waals surface area contributed by atoms with E-state index in [0.717, 1.165) is 18.1 Å². The van der Waals surface area contributed by atoms with Crippen molar-refractivity contribution in [3.05, 3.63) is 11.6 Å². The Morgan fingerprint density at radius 2 is 2.38 bits per heavy atom. The molecule has 2 N–H and O–H groups in total. The molecule has 1 aliphatic carbocycles. The molecule has 1 saturated carbocycles. The summed E-state index contributed by atoms with van der Waals surface area (Å²) < 4.78 is 0. The predicted octanol–water partition coefficient (Wildman–Crippen LogP) is 1.35. The van der Waals surface area contributed by atoms with Gasteiger partial charge in [-0.25, -0.2) is 4.98 Å². The molecule has 72 valence electrons. The van der Waals surface area contributed by atoms with Crippen LogP contribution in [0.15, 0.2) is 0 Å². The molecule has 0 spiro atoms. The number of rotatable bonds is 4. The molecule has 2 rings (SSSR count). The first-order valence-electron chi connectivity index (χ1n) is 4.94. The Bertz CT molecular complexity index is 273. The van der Waals surface area contributed by atoms with E-state index in [4.69, 9.17) is 0 Å². The maximum Gasteiger partial charge on any atom is 0.167 e. The first kappa shape index (κ1) is 8.69. The summed E-state index contributed by atoms with van der Waals surface area (Å²) in [5.41, 5.74) is 0. The van der Waals surface area contributed by atoms with Crippen molar-refractivity contribution >= 4 is 0 Å². The lowest BCUT2D eigenvalue weighted by atomic mass is 10.2. The van der Waals surface area contributed by atoms with Crippen molar-refractivity contribution in [3.8, 4) is 0 Å². The molecule has 1 aromatic heterocycles. The Labute approximate surface area is 78.1 Å². The van der Waals surface area contributed by atoms with Crippen molar-refractivity contribution < 1.29 is 0 Å². The zero-order valence-corrected chi connectivity index (χ0v) is 8.17. The number of H-pyrrole nitrogens is 1. The van der Waals surface area contributed by atoms with Gasteiger partial charge in [0.05, 0.1) is 6.04 Å². The molecule has 1 aromatic rings. The van der Waals surface area contributed by atoms with Crippen LogP contribution in [0.1, 0.15) is 49.8 Å². The van der Waals surface area contributed by atoms with Crippen LogP contribution in [0.5, 0.6) is 0 Å². The molecule has 0 aliphatic heterocycles. The Hall–Kier alpha value is -0.900. The van der Waals surface area contributed by atoms with Crippen LogP contribution in [0, 0.1) is 0 Å². The Kier molecular flexibility index (Phi) is 2.31. The summed E-state index contributed by atoms with van der Waals surface area (Å²) in [5, 5.41) is 10.4. The van der Waals surface area contributed by atoms with E-state index >= 15 is 0 Å². The van der Waals surface area contributed by atoms with E-state index in [1.54, 1.807) is 0 Å². The summed E-state index contributed by atoms with van der Waals surface area (Å²) in [6.45, 7) is 2.13. The molecule has 0 aromatic carbocycles.